The van der Waals surface area contributed by atoms with Crippen LogP contribution in [0.15, 0.2) is 41.3 Å². The number of carbonyl (C=O) groups excluding carboxylic acids is 1. The number of H-pyrrole nitrogens is 1. The van der Waals surface area contributed by atoms with Crippen molar-refractivity contribution in [3.05, 3.63) is 69.4 Å². The summed E-state index contributed by atoms with van der Waals surface area (Å²) in [6.45, 7) is 3.44. The highest BCUT2D eigenvalue weighted by Gasteiger charge is 2.41. The van der Waals surface area contributed by atoms with Gasteiger partial charge in [-0.25, -0.2) is 9.67 Å². The zero-order chi connectivity index (χ0) is 22.3. The van der Waals surface area contributed by atoms with E-state index in [0.717, 1.165) is 10.7 Å². The number of carbonyl (C=O) groups is 1. The van der Waals surface area contributed by atoms with Crippen LogP contribution in [0.2, 0.25) is 0 Å². The van der Waals surface area contributed by atoms with Gasteiger partial charge in [-0.15, -0.1) is 0 Å². The summed E-state index contributed by atoms with van der Waals surface area (Å²) >= 11 is 0. The molecule has 0 aliphatic carbocycles. The maximum absolute atomic E-state index is 13.8. The third-order valence-corrected chi connectivity index (χ3v) is 4.60. The number of hydrogen-bond donors (Lipinski definition) is 2. The van der Waals surface area contributed by atoms with Crippen LogP contribution in [-0.4, -0.2) is 35.3 Å². The van der Waals surface area contributed by atoms with Crippen molar-refractivity contribution < 1.29 is 18.0 Å². The Kier molecular flexibility index (Phi) is 4.84. The number of alkyl halides is 3. The molecule has 0 spiro atoms. The van der Waals surface area contributed by atoms with Crippen LogP contribution in [0, 0.1) is 6.92 Å². The number of fused-ring (bicyclic) bond motifs is 1. The fourth-order valence-electron chi connectivity index (χ4n) is 3.11. The number of para-hydroxylation sites is 1. The minimum absolute atomic E-state index is 0.00806. The van der Waals surface area contributed by atoms with Crippen molar-refractivity contribution >= 4 is 17.6 Å². The summed E-state index contributed by atoms with van der Waals surface area (Å²) in [7, 11) is 0. The predicted octanol–water partition coefficient (Wildman–Crippen LogP) is 2.75. The Morgan fingerprint density at radius 3 is 2.65 bits per heavy atom. The number of rotatable bonds is 4. The van der Waals surface area contributed by atoms with Gasteiger partial charge in [-0.2, -0.15) is 27.8 Å². The Morgan fingerprint density at radius 1 is 1.23 bits per heavy atom. The summed E-state index contributed by atoms with van der Waals surface area (Å²) in [5, 5.41) is 8.55. The summed E-state index contributed by atoms with van der Waals surface area (Å²) in [6.07, 6.45) is -3.52. The number of halogens is 3. The molecule has 4 rings (SSSR count). The highest BCUT2D eigenvalue weighted by atomic mass is 19.4. The minimum atomic E-state index is -4.85. The molecule has 9 nitrogen and oxygen atoms in total. The van der Waals surface area contributed by atoms with Gasteiger partial charge < -0.3 is 0 Å². The molecule has 1 aromatic carbocycles. The van der Waals surface area contributed by atoms with Crippen LogP contribution >= 0.6 is 0 Å². The quantitative estimate of drug-likeness (QED) is 0.516. The van der Waals surface area contributed by atoms with Gasteiger partial charge in [-0.1, -0.05) is 25.1 Å². The molecule has 31 heavy (non-hydrogen) atoms. The Morgan fingerprint density at radius 2 is 1.97 bits per heavy atom. The zero-order valence-corrected chi connectivity index (χ0v) is 16.4. The predicted molar refractivity (Wildman–Crippen MR) is 104 cm³/mol. The summed E-state index contributed by atoms with van der Waals surface area (Å²) in [5.74, 6) is -1.32. The number of benzene rings is 1. The molecule has 0 unspecified atom stereocenters. The largest absolute Gasteiger partial charge is 0.434 e. The van der Waals surface area contributed by atoms with Gasteiger partial charge in [0.25, 0.3) is 17.2 Å². The van der Waals surface area contributed by atoms with Crippen LogP contribution < -0.4 is 10.9 Å². The second-order valence-electron chi connectivity index (χ2n) is 6.70. The van der Waals surface area contributed by atoms with Gasteiger partial charge in [0, 0.05) is 11.8 Å². The highest BCUT2D eigenvalue weighted by molar-refractivity contribution is 6.04. The first-order chi connectivity index (χ1) is 14.7. The van der Waals surface area contributed by atoms with Crippen molar-refractivity contribution in [1.29, 1.82) is 0 Å². The van der Waals surface area contributed by atoms with Gasteiger partial charge in [0.05, 0.1) is 17.4 Å². The fraction of sp³-hybridized carbons (Fsp3) is 0.211. The summed E-state index contributed by atoms with van der Waals surface area (Å²) in [5.41, 5.74) is -1.13. The molecule has 0 radical (unpaired) electrons. The van der Waals surface area contributed by atoms with Crippen LogP contribution in [0.4, 0.5) is 19.1 Å². The lowest BCUT2D eigenvalue weighted by molar-refractivity contribution is -0.143. The zero-order valence-electron chi connectivity index (χ0n) is 16.4. The molecule has 4 aromatic rings. The number of aryl methyl sites for hydroxylation is 2. The molecule has 0 atom stereocenters. The average molecular weight is 431 g/mol. The molecule has 2 N–H and O–H groups in total. The van der Waals surface area contributed by atoms with Gasteiger partial charge in [-0.05, 0) is 25.0 Å². The molecule has 0 aliphatic heterocycles. The fourth-order valence-corrected chi connectivity index (χ4v) is 3.11. The van der Waals surface area contributed by atoms with E-state index >= 15 is 0 Å². The SMILES string of the molecule is CCc1cc(=O)n2[nH]c(NC(=O)c3cnn(-c4ccccc4C)c3C(F)(F)F)nc2n1. The van der Waals surface area contributed by atoms with Crippen LogP contribution in [0.3, 0.4) is 0 Å². The van der Waals surface area contributed by atoms with E-state index in [1.54, 1.807) is 32.0 Å². The molecule has 12 heteroatoms. The lowest BCUT2D eigenvalue weighted by atomic mass is 10.2. The standard InChI is InChI=1S/C19H16F3N7O2/c1-3-11-8-14(30)29-18(24-11)26-17(27-29)25-16(31)12-9-23-28(15(12)19(20,21)22)13-7-5-4-6-10(13)2/h4-9H,3H2,1-2H3,(H2,24,25,26,27,31). The molecule has 3 aromatic heterocycles. The lowest BCUT2D eigenvalue weighted by Gasteiger charge is -2.14. The van der Waals surface area contributed by atoms with Gasteiger partial charge in [-0.3, -0.25) is 20.0 Å². The van der Waals surface area contributed by atoms with E-state index in [2.05, 4.69) is 25.5 Å². The second-order valence-corrected chi connectivity index (χ2v) is 6.70. The van der Waals surface area contributed by atoms with Crippen molar-refractivity contribution in [3.63, 3.8) is 0 Å². The number of aromatic amines is 1. The third kappa shape index (κ3) is 3.67. The summed E-state index contributed by atoms with van der Waals surface area (Å²) < 4.78 is 43.2. The van der Waals surface area contributed by atoms with Crippen LogP contribution in [0.25, 0.3) is 11.5 Å². The first kappa shape index (κ1) is 20.3. The molecule has 3 heterocycles. The maximum atomic E-state index is 13.8. The van der Waals surface area contributed by atoms with E-state index < -0.39 is 28.9 Å². The Balaban J connectivity index is 1.74. The van der Waals surface area contributed by atoms with Gasteiger partial charge in [0.15, 0.2) is 5.69 Å². The summed E-state index contributed by atoms with van der Waals surface area (Å²) in [4.78, 5) is 32.9. The molecular weight excluding hydrogens is 415 g/mol. The maximum Gasteiger partial charge on any atom is 0.434 e. The first-order valence-corrected chi connectivity index (χ1v) is 9.20. The molecule has 1 amide bonds. The van der Waals surface area contributed by atoms with Gasteiger partial charge in [0.1, 0.15) is 0 Å². The normalized spacial score (nSPS) is 11.8. The van der Waals surface area contributed by atoms with Gasteiger partial charge in [0.2, 0.25) is 5.95 Å². The van der Waals surface area contributed by atoms with Crippen molar-refractivity contribution in [3.8, 4) is 5.69 Å². The molecule has 0 saturated carbocycles. The topological polar surface area (TPSA) is 110 Å². The number of nitrogens with one attached hydrogen (secondary N) is 2. The molecule has 0 saturated heterocycles. The van der Waals surface area contributed by atoms with Crippen molar-refractivity contribution in [1.82, 2.24) is 29.4 Å². The van der Waals surface area contributed by atoms with E-state index in [1.807, 2.05) is 0 Å². The Bertz CT molecular complexity index is 1350. The van der Waals surface area contributed by atoms with E-state index in [-0.39, 0.29) is 17.4 Å². The van der Waals surface area contributed by atoms with Crippen molar-refractivity contribution in [2.24, 2.45) is 0 Å². The number of hydrogen-bond acceptors (Lipinski definition) is 5. The van der Waals surface area contributed by atoms with E-state index in [4.69, 9.17) is 0 Å². The monoisotopic (exact) mass is 431 g/mol. The molecule has 160 valence electrons. The Labute approximate surface area is 172 Å². The van der Waals surface area contributed by atoms with E-state index in [9.17, 15) is 22.8 Å². The molecular formula is C19H16F3N7O2. The number of amides is 1. The second kappa shape index (κ2) is 7.38. The number of anilines is 1. The first-order valence-electron chi connectivity index (χ1n) is 9.20. The molecule has 0 fully saturated rings. The van der Waals surface area contributed by atoms with Crippen LogP contribution in [-0.2, 0) is 12.6 Å². The van der Waals surface area contributed by atoms with Crippen molar-refractivity contribution in [2.75, 3.05) is 5.32 Å². The minimum Gasteiger partial charge on any atom is -0.291 e. The number of aromatic nitrogens is 6. The lowest BCUT2D eigenvalue weighted by Crippen LogP contribution is -2.21. The van der Waals surface area contributed by atoms with Crippen LogP contribution in [0.1, 0.15) is 34.2 Å². The smallest absolute Gasteiger partial charge is 0.291 e. The van der Waals surface area contributed by atoms with E-state index in [0.29, 0.717) is 22.4 Å². The van der Waals surface area contributed by atoms with E-state index in [1.165, 1.54) is 12.1 Å². The summed E-state index contributed by atoms with van der Waals surface area (Å²) in [6, 6.07) is 7.67. The third-order valence-electron chi connectivity index (χ3n) is 4.60. The Hall–Kier alpha value is -3.96. The average Bonchev–Trinajstić information content (AvgIpc) is 3.32. The molecule has 0 bridgehead atoms. The van der Waals surface area contributed by atoms with Crippen LogP contribution in [0.5, 0.6) is 0 Å². The highest BCUT2D eigenvalue weighted by Crippen LogP contribution is 2.34. The van der Waals surface area contributed by atoms with Crippen molar-refractivity contribution in [2.45, 2.75) is 26.4 Å². The molecule has 0 aliphatic rings. The number of nitrogens with zero attached hydrogens (tertiary/aromatic N) is 5. The van der Waals surface area contributed by atoms with Gasteiger partial charge >= 0.3 is 6.18 Å².